The van der Waals surface area contributed by atoms with Gasteiger partial charge < -0.3 is 14.5 Å². The lowest BCUT2D eigenvalue weighted by molar-refractivity contribution is -0.145. The van der Waals surface area contributed by atoms with Crippen LogP contribution < -0.4 is 0 Å². The van der Waals surface area contributed by atoms with Crippen molar-refractivity contribution in [1.29, 1.82) is 0 Å². The lowest BCUT2D eigenvalue weighted by Crippen LogP contribution is -2.58. The van der Waals surface area contributed by atoms with Crippen LogP contribution in [0, 0.1) is 0 Å². The highest BCUT2D eigenvalue weighted by Gasteiger charge is 2.35. The number of carbonyl (C=O) groups is 2. The van der Waals surface area contributed by atoms with E-state index in [9.17, 15) is 9.59 Å². The summed E-state index contributed by atoms with van der Waals surface area (Å²) in [5, 5.41) is 0. The molecule has 0 aromatic heterocycles. The van der Waals surface area contributed by atoms with Gasteiger partial charge in [0.05, 0.1) is 6.04 Å². The monoisotopic (exact) mass is 351 g/mol. The SMILES string of the molecule is CCC1CCCCN1C(=O)C(C)N1CCN(C(=O)C2CCCO2)CC1. The van der Waals surface area contributed by atoms with Crippen LogP contribution in [0.2, 0.25) is 0 Å². The van der Waals surface area contributed by atoms with Crippen LogP contribution in [-0.2, 0) is 14.3 Å². The zero-order chi connectivity index (χ0) is 17.8. The second-order valence-electron chi connectivity index (χ2n) is 7.63. The van der Waals surface area contributed by atoms with Gasteiger partial charge >= 0.3 is 0 Å². The molecule has 0 N–H and O–H groups in total. The van der Waals surface area contributed by atoms with Crippen molar-refractivity contribution in [2.24, 2.45) is 0 Å². The Morgan fingerprint density at radius 2 is 1.80 bits per heavy atom. The molecule has 0 bridgehead atoms. The largest absolute Gasteiger partial charge is 0.368 e. The van der Waals surface area contributed by atoms with Gasteiger partial charge in [-0.05, 0) is 45.4 Å². The molecule has 3 atom stereocenters. The molecule has 6 heteroatoms. The molecule has 3 heterocycles. The molecule has 6 nitrogen and oxygen atoms in total. The van der Waals surface area contributed by atoms with Crippen molar-refractivity contribution in [2.45, 2.75) is 70.6 Å². The lowest BCUT2D eigenvalue weighted by Gasteiger charge is -2.42. The second-order valence-corrected chi connectivity index (χ2v) is 7.63. The molecule has 2 amide bonds. The number of likely N-dealkylation sites (tertiary alicyclic amines) is 1. The fraction of sp³-hybridized carbons (Fsp3) is 0.895. The maximum atomic E-state index is 13.0. The van der Waals surface area contributed by atoms with E-state index in [0.29, 0.717) is 25.7 Å². The summed E-state index contributed by atoms with van der Waals surface area (Å²) < 4.78 is 5.52. The number of rotatable bonds is 4. The van der Waals surface area contributed by atoms with Crippen molar-refractivity contribution in [3.8, 4) is 0 Å². The van der Waals surface area contributed by atoms with Crippen LogP contribution >= 0.6 is 0 Å². The molecule has 3 saturated heterocycles. The Morgan fingerprint density at radius 3 is 2.44 bits per heavy atom. The van der Waals surface area contributed by atoms with Gasteiger partial charge in [-0.15, -0.1) is 0 Å². The van der Waals surface area contributed by atoms with E-state index >= 15 is 0 Å². The molecule has 3 aliphatic rings. The molecule has 0 aromatic rings. The van der Waals surface area contributed by atoms with Gasteiger partial charge in [-0.2, -0.15) is 0 Å². The Labute approximate surface area is 151 Å². The topological polar surface area (TPSA) is 53.1 Å². The minimum atomic E-state index is -0.232. The van der Waals surface area contributed by atoms with E-state index in [1.165, 1.54) is 6.42 Å². The average Bonchev–Trinajstić information content (AvgIpc) is 3.21. The Morgan fingerprint density at radius 1 is 1.04 bits per heavy atom. The van der Waals surface area contributed by atoms with E-state index in [4.69, 9.17) is 4.74 Å². The van der Waals surface area contributed by atoms with Crippen LogP contribution in [-0.4, -0.2) is 84.0 Å². The second kappa shape index (κ2) is 8.49. The van der Waals surface area contributed by atoms with Gasteiger partial charge in [-0.1, -0.05) is 6.92 Å². The average molecular weight is 351 g/mol. The van der Waals surface area contributed by atoms with Crippen LogP contribution in [0.25, 0.3) is 0 Å². The van der Waals surface area contributed by atoms with E-state index in [0.717, 1.165) is 51.7 Å². The standard InChI is InChI=1S/C19H33N3O3/c1-3-16-7-4-5-9-22(16)18(23)15(2)20-10-12-21(13-11-20)19(24)17-8-6-14-25-17/h15-17H,3-14H2,1-2H3. The fourth-order valence-electron chi connectivity index (χ4n) is 4.42. The van der Waals surface area contributed by atoms with Crippen molar-refractivity contribution in [2.75, 3.05) is 39.3 Å². The van der Waals surface area contributed by atoms with Gasteiger partial charge in [0, 0.05) is 45.4 Å². The third kappa shape index (κ3) is 4.17. The van der Waals surface area contributed by atoms with Crippen molar-refractivity contribution in [3.05, 3.63) is 0 Å². The van der Waals surface area contributed by atoms with Crippen LogP contribution in [0.4, 0.5) is 0 Å². The maximum Gasteiger partial charge on any atom is 0.251 e. The van der Waals surface area contributed by atoms with Gasteiger partial charge in [-0.25, -0.2) is 0 Å². The molecule has 3 unspecified atom stereocenters. The summed E-state index contributed by atoms with van der Waals surface area (Å²) in [7, 11) is 0. The number of carbonyl (C=O) groups excluding carboxylic acids is 2. The summed E-state index contributed by atoms with van der Waals surface area (Å²) in [4.78, 5) is 31.7. The zero-order valence-electron chi connectivity index (χ0n) is 15.8. The summed E-state index contributed by atoms with van der Waals surface area (Å²) in [5.41, 5.74) is 0. The van der Waals surface area contributed by atoms with Crippen molar-refractivity contribution in [3.63, 3.8) is 0 Å². The van der Waals surface area contributed by atoms with E-state index in [1.54, 1.807) is 0 Å². The Bertz CT molecular complexity index is 471. The van der Waals surface area contributed by atoms with Gasteiger partial charge in [0.25, 0.3) is 5.91 Å². The first-order valence-corrected chi connectivity index (χ1v) is 10.1. The Kier molecular flexibility index (Phi) is 6.34. The van der Waals surface area contributed by atoms with E-state index in [2.05, 4.69) is 16.7 Å². The normalized spacial score (nSPS) is 29.7. The molecular formula is C19H33N3O3. The first kappa shape index (κ1) is 18.6. The van der Waals surface area contributed by atoms with E-state index in [1.807, 2.05) is 11.8 Å². The minimum absolute atomic E-state index is 0.0906. The Hall–Kier alpha value is -1.14. The number of hydrogen-bond acceptors (Lipinski definition) is 4. The van der Waals surface area contributed by atoms with E-state index < -0.39 is 0 Å². The first-order chi connectivity index (χ1) is 12.1. The number of amides is 2. The molecular weight excluding hydrogens is 318 g/mol. The predicted octanol–water partition coefficient (Wildman–Crippen LogP) is 1.49. The number of ether oxygens (including phenoxy) is 1. The highest BCUT2D eigenvalue weighted by molar-refractivity contribution is 5.82. The van der Waals surface area contributed by atoms with Crippen LogP contribution in [0.15, 0.2) is 0 Å². The first-order valence-electron chi connectivity index (χ1n) is 10.1. The summed E-state index contributed by atoms with van der Waals surface area (Å²) in [6.45, 7) is 8.76. The van der Waals surface area contributed by atoms with Crippen LogP contribution in [0.5, 0.6) is 0 Å². The number of nitrogens with zero attached hydrogens (tertiary/aromatic N) is 3. The van der Waals surface area contributed by atoms with Crippen LogP contribution in [0.1, 0.15) is 52.4 Å². The lowest BCUT2D eigenvalue weighted by atomic mass is 9.99. The third-order valence-corrected chi connectivity index (χ3v) is 6.12. The summed E-state index contributed by atoms with van der Waals surface area (Å²) in [6, 6.07) is 0.318. The van der Waals surface area contributed by atoms with Gasteiger partial charge in [0.1, 0.15) is 6.10 Å². The number of piperidine rings is 1. The molecule has 3 rings (SSSR count). The zero-order valence-corrected chi connectivity index (χ0v) is 15.8. The molecule has 0 aliphatic carbocycles. The van der Waals surface area contributed by atoms with Gasteiger partial charge in [0.15, 0.2) is 0 Å². The highest BCUT2D eigenvalue weighted by Crippen LogP contribution is 2.22. The summed E-state index contributed by atoms with van der Waals surface area (Å²) in [5.74, 6) is 0.406. The van der Waals surface area contributed by atoms with E-state index in [-0.39, 0.29) is 24.0 Å². The van der Waals surface area contributed by atoms with Gasteiger partial charge in [-0.3, -0.25) is 14.5 Å². The van der Waals surface area contributed by atoms with Gasteiger partial charge in [0.2, 0.25) is 5.91 Å². The molecule has 0 radical (unpaired) electrons. The molecule has 3 fully saturated rings. The number of hydrogen-bond donors (Lipinski definition) is 0. The van der Waals surface area contributed by atoms with Crippen molar-refractivity contribution in [1.82, 2.24) is 14.7 Å². The smallest absolute Gasteiger partial charge is 0.251 e. The van der Waals surface area contributed by atoms with Crippen molar-refractivity contribution < 1.29 is 14.3 Å². The fourth-order valence-corrected chi connectivity index (χ4v) is 4.42. The minimum Gasteiger partial charge on any atom is -0.368 e. The predicted molar refractivity (Wildman–Crippen MR) is 96.2 cm³/mol. The highest BCUT2D eigenvalue weighted by atomic mass is 16.5. The molecule has 0 aromatic carbocycles. The Balaban J connectivity index is 1.51. The molecule has 25 heavy (non-hydrogen) atoms. The summed E-state index contributed by atoms with van der Waals surface area (Å²) >= 11 is 0. The quantitative estimate of drug-likeness (QED) is 0.770. The third-order valence-electron chi connectivity index (χ3n) is 6.12. The molecule has 0 saturated carbocycles. The molecule has 0 spiro atoms. The summed E-state index contributed by atoms with van der Waals surface area (Å²) in [6.07, 6.45) is 6.14. The molecule has 3 aliphatic heterocycles. The van der Waals surface area contributed by atoms with Crippen LogP contribution in [0.3, 0.4) is 0 Å². The molecule has 142 valence electrons. The van der Waals surface area contributed by atoms with Crippen molar-refractivity contribution >= 4 is 11.8 Å². The maximum absolute atomic E-state index is 13.0. The number of piperazine rings is 1.